The zero-order valence-electron chi connectivity index (χ0n) is 12.6. The zero-order chi connectivity index (χ0) is 15.1. The number of rotatable bonds is 7. The third kappa shape index (κ3) is 4.74. The minimum Gasteiger partial charge on any atom is -0.504 e. The molecule has 0 fully saturated rings. The van der Waals surface area contributed by atoms with Gasteiger partial charge in [0, 0.05) is 19.6 Å². The monoisotopic (exact) mass is 280 g/mol. The Morgan fingerprint density at radius 3 is 2.80 bits per heavy atom. The van der Waals surface area contributed by atoms with Crippen LogP contribution in [0.25, 0.3) is 0 Å². The van der Waals surface area contributed by atoms with Crippen LogP contribution >= 0.6 is 0 Å². The number of hydrogen-bond acceptors (Lipinski definition) is 4. The van der Waals surface area contributed by atoms with E-state index < -0.39 is 0 Å². The van der Waals surface area contributed by atoms with Gasteiger partial charge in [0.1, 0.15) is 0 Å². The van der Waals surface area contributed by atoms with Crippen LogP contribution in [0.4, 0.5) is 0 Å². The molecule has 0 aliphatic rings. The number of methoxy groups -OCH3 is 1. The topological polar surface area (TPSA) is 61.8 Å². The van der Waals surface area contributed by atoms with Gasteiger partial charge in [-0.05, 0) is 31.0 Å². The fourth-order valence-electron chi connectivity index (χ4n) is 1.72. The maximum Gasteiger partial charge on any atom is 0.236 e. The maximum absolute atomic E-state index is 12.0. The Labute approximate surface area is 120 Å². The molecule has 1 rings (SSSR count). The molecule has 0 bridgehead atoms. The molecule has 2 N–H and O–H groups in total. The Balaban J connectivity index is 2.57. The Hall–Kier alpha value is -1.75. The van der Waals surface area contributed by atoms with E-state index in [0.717, 1.165) is 12.0 Å². The van der Waals surface area contributed by atoms with E-state index in [1.165, 1.54) is 7.11 Å². The number of nitrogens with zero attached hydrogens (tertiary/aromatic N) is 1. The zero-order valence-corrected chi connectivity index (χ0v) is 12.6. The van der Waals surface area contributed by atoms with Crippen molar-refractivity contribution in [3.8, 4) is 11.5 Å². The van der Waals surface area contributed by atoms with Crippen LogP contribution < -0.4 is 10.1 Å². The highest BCUT2D eigenvalue weighted by molar-refractivity contribution is 5.78. The summed E-state index contributed by atoms with van der Waals surface area (Å²) in [6.07, 6.45) is 0.992. The van der Waals surface area contributed by atoms with Crippen molar-refractivity contribution in [1.82, 2.24) is 10.2 Å². The molecule has 5 nitrogen and oxygen atoms in total. The van der Waals surface area contributed by atoms with E-state index in [1.54, 1.807) is 30.1 Å². The molecule has 1 unspecified atom stereocenters. The Kier molecular flexibility index (Phi) is 6.31. The maximum atomic E-state index is 12.0. The van der Waals surface area contributed by atoms with Crippen molar-refractivity contribution in [3.05, 3.63) is 23.8 Å². The standard InChI is InChI=1S/C15H24N2O3/c1-5-11(2)16-9-15(19)17(3)10-12-6-7-13(18)14(8-12)20-4/h6-8,11,16,18H,5,9-10H2,1-4H3. The van der Waals surface area contributed by atoms with Gasteiger partial charge in [0.25, 0.3) is 0 Å². The lowest BCUT2D eigenvalue weighted by Gasteiger charge is -2.19. The van der Waals surface area contributed by atoms with Gasteiger partial charge in [-0.1, -0.05) is 13.0 Å². The molecular weight excluding hydrogens is 256 g/mol. The van der Waals surface area contributed by atoms with E-state index in [9.17, 15) is 9.90 Å². The first-order valence-electron chi connectivity index (χ1n) is 6.81. The Morgan fingerprint density at radius 2 is 2.20 bits per heavy atom. The highest BCUT2D eigenvalue weighted by Gasteiger charge is 2.11. The summed E-state index contributed by atoms with van der Waals surface area (Å²) in [5.41, 5.74) is 0.916. The molecular formula is C15H24N2O3. The summed E-state index contributed by atoms with van der Waals surface area (Å²) in [6, 6.07) is 5.43. The van der Waals surface area contributed by atoms with Gasteiger partial charge in [-0.25, -0.2) is 0 Å². The molecule has 0 heterocycles. The molecule has 0 radical (unpaired) electrons. The van der Waals surface area contributed by atoms with E-state index in [1.807, 2.05) is 0 Å². The number of carbonyl (C=O) groups is 1. The van der Waals surface area contributed by atoms with E-state index in [-0.39, 0.29) is 11.7 Å². The van der Waals surface area contributed by atoms with Crippen LogP contribution in [0.1, 0.15) is 25.8 Å². The van der Waals surface area contributed by atoms with Crippen LogP contribution in [0.2, 0.25) is 0 Å². The second kappa shape index (κ2) is 7.75. The number of benzene rings is 1. The Bertz CT molecular complexity index is 449. The van der Waals surface area contributed by atoms with Crippen molar-refractivity contribution < 1.29 is 14.6 Å². The van der Waals surface area contributed by atoms with Gasteiger partial charge in [-0.2, -0.15) is 0 Å². The summed E-state index contributed by atoms with van der Waals surface area (Å²) in [6.45, 7) is 4.95. The molecule has 1 aromatic carbocycles. The van der Waals surface area contributed by atoms with E-state index in [0.29, 0.717) is 24.9 Å². The third-order valence-corrected chi connectivity index (χ3v) is 3.30. The molecule has 0 saturated carbocycles. The molecule has 1 aromatic rings. The molecule has 0 aliphatic heterocycles. The van der Waals surface area contributed by atoms with E-state index in [2.05, 4.69) is 19.2 Å². The Morgan fingerprint density at radius 1 is 1.50 bits per heavy atom. The van der Waals surface area contributed by atoms with E-state index in [4.69, 9.17) is 4.74 Å². The molecule has 0 spiro atoms. The van der Waals surface area contributed by atoms with Crippen LogP contribution in [0.5, 0.6) is 11.5 Å². The smallest absolute Gasteiger partial charge is 0.236 e. The number of nitrogens with one attached hydrogen (secondary N) is 1. The molecule has 1 amide bonds. The highest BCUT2D eigenvalue weighted by atomic mass is 16.5. The van der Waals surface area contributed by atoms with Crippen molar-refractivity contribution in [2.24, 2.45) is 0 Å². The molecule has 0 aromatic heterocycles. The first-order valence-corrected chi connectivity index (χ1v) is 6.81. The lowest BCUT2D eigenvalue weighted by Crippen LogP contribution is -2.38. The number of aromatic hydroxyl groups is 1. The number of amides is 1. The van der Waals surface area contributed by atoms with Gasteiger partial charge in [0.15, 0.2) is 11.5 Å². The molecule has 0 aliphatic carbocycles. The molecule has 112 valence electrons. The summed E-state index contributed by atoms with van der Waals surface area (Å²) >= 11 is 0. The van der Waals surface area contributed by atoms with E-state index >= 15 is 0 Å². The number of phenolic OH excluding ortho intramolecular Hbond substituents is 1. The fraction of sp³-hybridized carbons (Fsp3) is 0.533. The van der Waals surface area contributed by atoms with Crippen molar-refractivity contribution in [2.75, 3.05) is 20.7 Å². The van der Waals surface area contributed by atoms with Gasteiger partial charge in [-0.15, -0.1) is 0 Å². The van der Waals surface area contributed by atoms with Gasteiger partial charge in [-0.3, -0.25) is 4.79 Å². The number of likely N-dealkylation sites (N-methyl/N-ethyl adjacent to an activating group) is 1. The predicted molar refractivity (Wildman–Crippen MR) is 78.9 cm³/mol. The molecule has 20 heavy (non-hydrogen) atoms. The molecule has 1 atom stereocenters. The summed E-state index contributed by atoms with van der Waals surface area (Å²) in [5, 5.41) is 12.7. The lowest BCUT2D eigenvalue weighted by atomic mass is 10.2. The minimum atomic E-state index is 0.0392. The van der Waals surface area contributed by atoms with Gasteiger partial charge in [0.05, 0.1) is 13.7 Å². The first kappa shape index (κ1) is 16.3. The van der Waals surface area contributed by atoms with Crippen LogP contribution in [0, 0.1) is 0 Å². The van der Waals surface area contributed by atoms with Crippen LogP contribution in [0.15, 0.2) is 18.2 Å². The van der Waals surface area contributed by atoms with Crippen molar-refractivity contribution in [2.45, 2.75) is 32.9 Å². The lowest BCUT2D eigenvalue weighted by molar-refractivity contribution is -0.129. The van der Waals surface area contributed by atoms with Gasteiger partial charge >= 0.3 is 0 Å². The quantitative estimate of drug-likeness (QED) is 0.799. The fourth-order valence-corrected chi connectivity index (χ4v) is 1.72. The summed E-state index contributed by atoms with van der Waals surface area (Å²) in [4.78, 5) is 13.6. The number of phenols is 1. The molecule has 5 heteroatoms. The minimum absolute atomic E-state index is 0.0392. The summed E-state index contributed by atoms with van der Waals surface area (Å²) in [5.74, 6) is 0.557. The average Bonchev–Trinajstić information content (AvgIpc) is 2.46. The second-order valence-electron chi connectivity index (χ2n) is 4.95. The summed E-state index contributed by atoms with van der Waals surface area (Å²) in [7, 11) is 3.27. The normalized spacial score (nSPS) is 12.0. The molecule has 0 saturated heterocycles. The number of carbonyl (C=O) groups excluding carboxylic acids is 1. The van der Waals surface area contributed by atoms with Crippen LogP contribution in [0.3, 0.4) is 0 Å². The van der Waals surface area contributed by atoms with Crippen molar-refractivity contribution in [1.29, 1.82) is 0 Å². The van der Waals surface area contributed by atoms with Gasteiger partial charge in [0.2, 0.25) is 5.91 Å². The van der Waals surface area contributed by atoms with Crippen LogP contribution in [-0.2, 0) is 11.3 Å². The SMILES string of the molecule is CCC(C)NCC(=O)N(C)Cc1ccc(O)c(OC)c1. The van der Waals surface area contributed by atoms with Crippen molar-refractivity contribution >= 4 is 5.91 Å². The second-order valence-corrected chi connectivity index (χ2v) is 4.95. The van der Waals surface area contributed by atoms with Crippen molar-refractivity contribution in [3.63, 3.8) is 0 Å². The first-order chi connectivity index (χ1) is 9.47. The number of hydrogen-bond donors (Lipinski definition) is 2. The largest absolute Gasteiger partial charge is 0.504 e. The van der Waals surface area contributed by atoms with Gasteiger partial charge < -0.3 is 20.1 Å². The number of ether oxygens (including phenoxy) is 1. The average molecular weight is 280 g/mol. The highest BCUT2D eigenvalue weighted by Crippen LogP contribution is 2.26. The third-order valence-electron chi connectivity index (χ3n) is 3.30. The van der Waals surface area contributed by atoms with Crippen LogP contribution in [-0.4, -0.2) is 42.7 Å². The summed E-state index contributed by atoms with van der Waals surface area (Å²) < 4.78 is 5.06. The predicted octanol–water partition coefficient (Wildman–Crippen LogP) is 1.75.